The number of amides is 1. The highest BCUT2D eigenvalue weighted by Crippen LogP contribution is 2.21. The molecule has 0 bridgehead atoms. The number of anilines is 1. The summed E-state index contributed by atoms with van der Waals surface area (Å²) < 4.78 is 1.95. The molecule has 2 aromatic carbocycles. The third-order valence-corrected chi connectivity index (χ3v) is 4.38. The number of benzene rings is 2. The number of ketones is 1. The van der Waals surface area contributed by atoms with Crippen molar-refractivity contribution < 1.29 is 9.59 Å². The monoisotopic (exact) mass is 334 g/mol. The Morgan fingerprint density at radius 2 is 1.72 bits per heavy atom. The molecule has 0 spiro atoms. The Kier molecular flexibility index (Phi) is 4.70. The lowest BCUT2D eigenvalue weighted by atomic mass is 10.0. The van der Waals surface area contributed by atoms with Crippen LogP contribution < -0.4 is 5.32 Å². The minimum Gasteiger partial charge on any atom is -0.350 e. The molecule has 0 atom stereocenters. The molecule has 4 heteroatoms. The minimum absolute atomic E-state index is 0.0331. The molecule has 0 aliphatic rings. The number of Topliss-reactive ketones (excluding diaryl/α,β-unsaturated/α-hetero) is 1. The van der Waals surface area contributed by atoms with Gasteiger partial charge in [0.15, 0.2) is 0 Å². The SMILES string of the molecule is CC(C)C(=O)Cc1ccc(NC(=O)c2cn(C)c3ccccc23)cc1. The first-order chi connectivity index (χ1) is 12.0. The second-order valence-electron chi connectivity index (χ2n) is 6.62. The Balaban J connectivity index is 1.75. The van der Waals surface area contributed by atoms with Crippen molar-refractivity contribution in [1.29, 1.82) is 0 Å². The molecule has 0 aliphatic heterocycles. The first kappa shape index (κ1) is 17.0. The summed E-state index contributed by atoms with van der Waals surface area (Å²) in [5, 5.41) is 3.86. The molecule has 0 aliphatic carbocycles. The Bertz CT molecular complexity index is 921. The van der Waals surface area contributed by atoms with E-state index in [1.807, 2.05) is 80.2 Å². The van der Waals surface area contributed by atoms with E-state index in [2.05, 4.69) is 5.32 Å². The van der Waals surface area contributed by atoms with Crippen LogP contribution in [0.2, 0.25) is 0 Å². The number of hydrogen-bond donors (Lipinski definition) is 1. The van der Waals surface area contributed by atoms with Gasteiger partial charge in [0.25, 0.3) is 5.91 Å². The van der Waals surface area contributed by atoms with Gasteiger partial charge in [0, 0.05) is 42.2 Å². The highest BCUT2D eigenvalue weighted by atomic mass is 16.1. The highest BCUT2D eigenvalue weighted by Gasteiger charge is 2.14. The molecule has 0 unspecified atom stereocenters. The lowest BCUT2D eigenvalue weighted by Gasteiger charge is -2.07. The number of aryl methyl sites for hydroxylation is 1. The number of nitrogens with zero attached hydrogens (tertiary/aromatic N) is 1. The normalized spacial score (nSPS) is 11.0. The second kappa shape index (κ2) is 6.93. The Hall–Kier alpha value is -2.88. The fourth-order valence-corrected chi connectivity index (χ4v) is 2.83. The number of carbonyl (C=O) groups is 2. The van der Waals surface area contributed by atoms with Crippen LogP contribution in [0.5, 0.6) is 0 Å². The maximum Gasteiger partial charge on any atom is 0.257 e. The topological polar surface area (TPSA) is 51.1 Å². The van der Waals surface area contributed by atoms with Crippen LogP contribution in [0.1, 0.15) is 29.8 Å². The predicted molar refractivity (Wildman–Crippen MR) is 101 cm³/mol. The zero-order valence-corrected chi connectivity index (χ0v) is 14.7. The van der Waals surface area contributed by atoms with Crippen molar-refractivity contribution in [2.24, 2.45) is 13.0 Å². The molecular weight excluding hydrogens is 312 g/mol. The lowest BCUT2D eigenvalue weighted by molar-refractivity contribution is -0.121. The summed E-state index contributed by atoms with van der Waals surface area (Å²) in [6, 6.07) is 15.3. The number of rotatable bonds is 5. The lowest BCUT2D eigenvalue weighted by Crippen LogP contribution is -2.12. The fourth-order valence-electron chi connectivity index (χ4n) is 2.83. The van der Waals surface area contributed by atoms with Gasteiger partial charge in [-0.25, -0.2) is 0 Å². The summed E-state index contributed by atoms with van der Waals surface area (Å²) in [6.07, 6.45) is 2.27. The van der Waals surface area contributed by atoms with Gasteiger partial charge in [-0.2, -0.15) is 0 Å². The van der Waals surface area contributed by atoms with Crippen molar-refractivity contribution in [2.75, 3.05) is 5.32 Å². The summed E-state index contributed by atoms with van der Waals surface area (Å²) in [4.78, 5) is 24.4. The number of nitrogens with one attached hydrogen (secondary N) is 1. The minimum atomic E-state index is -0.136. The van der Waals surface area contributed by atoms with E-state index >= 15 is 0 Å². The van der Waals surface area contributed by atoms with Gasteiger partial charge < -0.3 is 9.88 Å². The van der Waals surface area contributed by atoms with Crippen LogP contribution in [0.4, 0.5) is 5.69 Å². The quantitative estimate of drug-likeness (QED) is 0.760. The van der Waals surface area contributed by atoms with E-state index in [9.17, 15) is 9.59 Å². The Labute approximate surface area is 147 Å². The molecule has 1 aromatic heterocycles. The zero-order valence-electron chi connectivity index (χ0n) is 14.7. The average molecular weight is 334 g/mol. The van der Waals surface area contributed by atoms with Crippen LogP contribution in [-0.4, -0.2) is 16.3 Å². The smallest absolute Gasteiger partial charge is 0.257 e. The number of hydrogen-bond acceptors (Lipinski definition) is 2. The van der Waals surface area contributed by atoms with Gasteiger partial charge in [-0.3, -0.25) is 9.59 Å². The van der Waals surface area contributed by atoms with Gasteiger partial charge in [0.1, 0.15) is 5.78 Å². The van der Waals surface area contributed by atoms with Gasteiger partial charge in [0.2, 0.25) is 0 Å². The Morgan fingerprint density at radius 3 is 2.40 bits per heavy atom. The number of aromatic nitrogens is 1. The molecule has 1 heterocycles. The summed E-state index contributed by atoms with van der Waals surface area (Å²) in [7, 11) is 1.93. The van der Waals surface area contributed by atoms with Crippen molar-refractivity contribution in [3.8, 4) is 0 Å². The van der Waals surface area contributed by atoms with Gasteiger partial charge in [-0.15, -0.1) is 0 Å². The standard InChI is InChI=1S/C21H22N2O2/c1-14(2)20(24)12-15-8-10-16(11-9-15)22-21(25)18-13-23(3)19-7-5-4-6-17(18)19/h4-11,13-14H,12H2,1-3H3,(H,22,25). The summed E-state index contributed by atoms with van der Waals surface area (Å²) in [6.45, 7) is 3.81. The van der Waals surface area contributed by atoms with Crippen molar-refractivity contribution >= 4 is 28.3 Å². The van der Waals surface area contributed by atoms with E-state index in [1.54, 1.807) is 0 Å². The molecule has 128 valence electrons. The summed E-state index contributed by atoms with van der Waals surface area (Å²) in [5.74, 6) is 0.112. The average Bonchev–Trinajstić information content (AvgIpc) is 2.94. The molecule has 3 aromatic rings. The van der Waals surface area contributed by atoms with Gasteiger partial charge >= 0.3 is 0 Å². The van der Waals surface area contributed by atoms with Crippen molar-refractivity contribution in [3.63, 3.8) is 0 Å². The van der Waals surface area contributed by atoms with E-state index < -0.39 is 0 Å². The zero-order chi connectivity index (χ0) is 18.0. The van der Waals surface area contributed by atoms with E-state index in [-0.39, 0.29) is 17.6 Å². The predicted octanol–water partition coefficient (Wildman–Crippen LogP) is 4.20. The molecule has 0 saturated heterocycles. The van der Waals surface area contributed by atoms with E-state index in [1.165, 1.54) is 0 Å². The first-order valence-electron chi connectivity index (χ1n) is 8.43. The molecular formula is C21H22N2O2. The molecule has 0 radical (unpaired) electrons. The van der Waals surface area contributed by atoms with Crippen LogP contribution in [-0.2, 0) is 18.3 Å². The first-order valence-corrected chi connectivity index (χ1v) is 8.43. The van der Waals surface area contributed by atoms with Crippen molar-refractivity contribution in [1.82, 2.24) is 4.57 Å². The maximum atomic E-state index is 12.6. The third kappa shape index (κ3) is 3.63. The third-order valence-electron chi connectivity index (χ3n) is 4.38. The van der Waals surface area contributed by atoms with E-state index in [0.29, 0.717) is 12.0 Å². The maximum absolute atomic E-state index is 12.6. The largest absolute Gasteiger partial charge is 0.350 e. The molecule has 0 saturated carbocycles. The summed E-state index contributed by atoms with van der Waals surface area (Å²) in [5.41, 5.74) is 3.35. The Morgan fingerprint density at radius 1 is 1.04 bits per heavy atom. The van der Waals surface area contributed by atoms with E-state index in [4.69, 9.17) is 0 Å². The molecule has 25 heavy (non-hydrogen) atoms. The molecule has 4 nitrogen and oxygen atoms in total. The van der Waals surface area contributed by atoms with Crippen LogP contribution in [0, 0.1) is 5.92 Å². The van der Waals surface area contributed by atoms with Gasteiger partial charge in [0.05, 0.1) is 5.56 Å². The van der Waals surface area contributed by atoms with Crippen LogP contribution in [0.3, 0.4) is 0 Å². The van der Waals surface area contributed by atoms with E-state index in [0.717, 1.165) is 22.2 Å². The van der Waals surface area contributed by atoms with Crippen molar-refractivity contribution in [3.05, 3.63) is 65.9 Å². The molecule has 3 rings (SSSR count). The number of fused-ring (bicyclic) bond motifs is 1. The highest BCUT2D eigenvalue weighted by molar-refractivity contribution is 6.13. The van der Waals surface area contributed by atoms with Crippen LogP contribution in [0.25, 0.3) is 10.9 Å². The molecule has 0 fully saturated rings. The molecule has 1 amide bonds. The van der Waals surface area contributed by atoms with Gasteiger partial charge in [-0.05, 0) is 23.8 Å². The second-order valence-corrected chi connectivity index (χ2v) is 6.62. The summed E-state index contributed by atoms with van der Waals surface area (Å²) >= 11 is 0. The fraction of sp³-hybridized carbons (Fsp3) is 0.238. The number of para-hydroxylation sites is 1. The van der Waals surface area contributed by atoms with Gasteiger partial charge in [-0.1, -0.05) is 44.2 Å². The van der Waals surface area contributed by atoms with Crippen molar-refractivity contribution in [2.45, 2.75) is 20.3 Å². The van der Waals surface area contributed by atoms with Crippen LogP contribution in [0.15, 0.2) is 54.7 Å². The number of carbonyl (C=O) groups excluding carboxylic acids is 2. The van der Waals surface area contributed by atoms with Crippen LogP contribution >= 0.6 is 0 Å². The molecule has 1 N–H and O–H groups in total.